The van der Waals surface area contributed by atoms with Crippen molar-refractivity contribution < 1.29 is 10.2 Å². The van der Waals surface area contributed by atoms with E-state index in [0.717, 1.165) is 10.0 Å². The van der Waals surface area contributed by atoms with Crippen LogP contribution in [0.15, 0.2) is 77.8 Å². The van der Waals surface area contributed by atoms with Crippen LogP contribution >= 0.6 is 15.9 Å². The predicted molar refractivity (Wildman–Crippen MR) is 131 cm³/mol. The summed E-state index contributed by atoms with van der Waals surface area (Å²) < 4.78 is 3.90. The minimum absolute atomic E-state index is 0.00733. The highest BCUT2D eigenvalue weighted by molar-refractivity contribution is 9.10. The highest BCUT2D eigenvalue weighted by Gasteiger charge is 2.32. The molecular weight excluding hydrogens is 496 g/mol. The van der Waals surface area contributed by atoms with Crippen LogP contribution in [0.2, 0.25) is 0 Å². The summed E-state index contributed by atoms with van der Waals surface area (Å²) >= 11 is 3.49. The van der Waals surface area contributed by atoms with E-state index in [0.29, 0.717) is 33.9 Å². The molecule has 1 aromatic carbocycles. The number of aryl methyl sites for hydroxylation is 2. The zero-order valence-corrected chi connectivity index (χ0v) is 20.0. The number of aromatic nitrogens is 6. The Morgan fingerprint density at radius 3 is 1.50 bits per heavy atom. The summed E-state index contributed by atoms with van der Waals surface area (Å²) in [4.78, 5) is 8.09. The molecule has 0 atom stereocenters. The Morgan fingerprint density at radius 2 is 1.09 bits per heavy atom. The minimum atomic E-state index is -0.515. The number of hydrogen-bond donors (Lipinski definition) is 2. The number of benzene rings is 1. The van der Waals surface area contributed by atoms with Crippen LogP contribution in [0.3, 0.4) is 0 Å². The Bertz CT molecular complexity index is 1360. The highest BCUT2D eigenvalue weighted by Crippen LogP contribution is 2.44. The normalized spacial score (nSPS) is 11.3. The summed E-state index contributed by atoms with van der Waals surface area (Å²) in [5.41, 5.74) is 4.70. The monoisotopic (exact) mass is 516 g/mol. The van der Waals surface area contributed by atoms with Crippen molar-refractivity contribution in [3.63, 3.8) is 0 Å². The topological polar surface area (TPSA) is 102 Å². The summed E-state index contributed by atoms with van der Waals surface area (Å²) in [6, 6.07) is 14.9. The summed E-state index contributed by atoms with van der Waals surface area (Å²) in [6.45, 7) is 3.69. The van der Waals surface area contributed by atoms with Gasteiger partial charge in [-0.05, 0) is 55.8 Å². The molecule has 0 bridgehead atoms. The third kappa shape index (κ3) is 3.73. The predicted octanol–water partition coefficient (Wildman–Crippen LogP) is 4.82. The van der Waals surface area contributed by atoms with E-state index in [1.54, 1.807) is 49.1 Å². The van der Waals surface area contributed by atoms with E-state index in [9.17, 15) is 10.2 Å². The average molecular weight is 517 g/mol. The number of halogens is 1. The van der Waals surface area contributed by atoms with Crippen molar-refractivity contribution in [3.05, 3.63) is 106 Å². The first kappa shape index (κ1) is 21.8. The first-order valence-electron chi connectivity index (χ1n) is 10.6. The molecule has 5 aromatic rings. The zero-order chi connectivity index (χ0) is 23.8. The van der Waals surface area contributed by atoms with Crippen molar-refractivity contribution in [1.29, 1.82) is 0 Å². The zero-order valence-electron chi connectivity index (χ0n) is 18.5. The molecule has 8 nitrogen and oxygen atoms in total. The van der Waals surface area contributed by atoms with Crippen LogP contribution in [-0.4, -0.2) is 39.7 Å². The molecule has 170 valence electrons. The molecule has 0 saturated carbocycles. The van der Waals surface area contributed by atoms with Crippen LogP contribution in [0, 0.1) is 13.8 Å². The van der Waals surface area contributed by atoms with E-state index >= 15 is 0 Å². The smallest absolute Gasteiger partial charge is 0.218 e. The van der Waals surface area contributed by atoms with Crippen LogP contribution in [0.5, 0.6) is 11.8 Å². The van der Waals surface area contributed by atoms with Gasteiger partial charge in [-0.1, -0.05) is 28.1 Å². The molecule has 2 N–H and O–H groups in total. The molecule has 4 aromatic heterocycles. The van der Waals surface area contributed by atoms with Gasteiger partial charge in [0.25, 0.3) is 0 Å². The van der Waals surface area contributed by atoms with E-state index in [4.69, 9.17) is 0 Å². The van der Waals surface area contributed by atoms with Gasteiger partial charge < -0.3 is 10.2 Å². The van der Waals surface area contributed by atoms with Crippen molar-refractivity contribution >= 4 is 15.9 Å². The molecule has 0 aliphatic carbocycles. The van der Waals surface area contributed by atoms with Crippen molar-refractivity contribution in [3.8, 4) is 23.1 Å². The molecule has 0 saturated heterocycles. The molecule has 34 heavy (non-hydrogen) atoms. The maximum atomic E-state index is 11.4. The third-order valence-corrected chi connectivity index (χ3v) is 6.29. The molecule has 9 heteroatoms. The first-order valence-corrected chi connectivity index (χ1v) is 11.4. The molecule has 0 amide bonds. The van der Waals surface area contributed by atoms with Crippen LogP contribution in [0.25, 0.3) is 11.4 Å². The summed E-state index contributed by atoms with van der Waals surface area (Å²) in [7, 11) is 0. The van der Waals surface area contributed by atoms with Gasteiger partial charge in [-0.3, -0.25) is 9.97 Å². The van der Waals surface area contributed by atoms with Gasteiger partial charge in [0.2, 0.25) is 11.8 Å². The minimum Gasteiger partial charge on any atom is -0.493 e. The Labute approximate surface area is 204 Å². The molecule has 0 spiro atoms. The maximum Gasteiger partial charge on any atom is 0.218 e. The van der Waals surface area contributed by atoms with E-state index in [1.165, 1.54) is 9.36 Å². The Kier molecular flexibility index (Phi) is 5.62. The van der Waals surface area contributed by atoms with Gasteiger partial charge in [0, 0.05) is 46.3 Å². The maximum absolute atomic E-state index is 11.4. The lowest BCUT2D eigenvalue weighted by atomic mass is 9.85. The molecule has 0 aliphatic heterocycles. The second-order valence-corrected chi connectivity index (χ2v) is 8.78. The van der Waals surface area contributed by atoms with E-state index in [-0.39, 0.29) is 11.8 Å². The second-order valence-electron chi connectivity index (χ2n) is 7.86. The van der Waals surface area contributed by atoms with Crippen molar-refractivity contribution in [2.45, 2.75) is 19.8 Å². The largest absolute Gasteiger partial charge is 0.493 e. The number of hydrogen-bond acceptors (Lipinski definition) is 6. The summed E-state index contributed by atoms with van der Waals surface area (Å²) in [5, 5.41) is 32.0. The van der Waals surface area contributed by atoms with Crippen LogP contribution in [0.4, 0.5) is 0 Å². The standard InChI is InChI=1S/C25H21BrN6O2/c1-15-21(24(33)31(29-15)19-7-11-27-12-8-19)23(17-3-5-18(26)6-4-17)22-16(2)30-32(25(22)34)20-9-13-28-14-10-20/h3-14,23,33-34H,1-2H3. The number of aromatic hydroxyl groups is 2. The fourth-order valence-electron chi connectivity index (χ4n) is 4.19. The summed E-state index contributed by atoms with van der Waals surface area (Å²) in [5.74, 6) is -0.529. The Balaban J connectivity index is 1.75. The van der Waals surface area contributed by atoms with Gasteiger partial charge in [-0.15, -0.1) is 0 Å². The lowest BCUT2D eigenvalue weighted by Gasteiger charge is -2.18. The van der Waals surface area contributed by atoms with Gasteiger partial charge in [0.15, 0.2) is 0 Å². The lowest BCUT2D eigenvalue weighted by Crippen LogP contribution is -2.06. The van der Waals surface area contributed by atoms with Crippen molar-refractivity contribution in [2.75, 3.05) is 0 Å². The molecule has 0 radical (unpaired) electrons. The fourth-order valence-corrected chi connectivity index (χ4v) is 4.46. The van der Waals surface area contributed by atoms with E-state index in [1.807, 2.05) is 38.1 Å². The van der Waals surface area contributed by atoms with Gasteiger partial charge in [0.1, 0.15) is 0 Å². The van der Waals surface area contributed by atoms with Gasteiger partial charge in [-0.25, -0.2) is 9.36 Å². The molecule has 4 heterocycles. The summed E-state index contributed by atoms with van der Waals surface area (Å²) in [6.07, 6.45) is 6.58. The van der Waals surface area contributed by atoms with Crippen LogP contribution in [0.1, 0.15) is 34.0 Å². The molecule has 0 fully saturated rings. The van der Waals surface area contributed by atoms with E-state index in [2.05, 4.69) is 36.1 Å². The SMILES string of the molecule is Cc1nn(-c2ccncc2)c(O)c1C(c1ccc(Br)cc1)c1c(C)nn(-c2ccncc2)c1O. The van der Waals surface area contributed by atoms with Crippen molar-refractivity contribution in [2.24, 2.45) is 0 Å². The average Bonchev–Trinajstić information content (AvgIpc) is 3.32. The van der Waals surface area contributed by atoms with Gasteiger partial charge in [0.05, 0.1) is 22.8 Å². The molecule has 0 aliphatic rings. The molecule has 0 unspecified atom stereocenters. The highest BCUT2D eigenvalue weighted by atomic mass is 79.9. The quantitative estimate of drug-likeness (QED) is 0.347. The van der Waals surface area contributed by atoms with Crippen LogP contribution in [-0.2, 0) is 0 Å². The van der Waals surface area contributed by atoms with Gasteiger partial charge >= 0.3 is 0 Å². The van der Waals surface area contributed by atoms with Crippen LogP contribution < -0.4 is 0 Å². The number of nitrogens with zero attached hydrogens (tertiary/aromatic N) is 6. The number of pyridine rings is 2. The molecular formula is C25H21BrN6O2. The molecule has 5 rings (SSSR count). The third-order valence-electron chi connectivity index (χ3n) is 5.76. The van der Waals surface area contributed by atoms with Gasteiger partial charge in [-0.2, -0.15) is 10.2 Å². The Morgan fingerprint density at radius 1 is 0.676 bits per heavy atom. The Hall–Kier alpha value is -3.98. The van der Waals surface area contributed by atoms with E-state index < -0.39 is 5.92 Å². The first-order chi connectivity index (χ1) is 16.5. The van der Waals surface area contributed by atoms with Crippen molar-refractivity contribution in [1.82, 2.24) is 29.5 Å². The fraction of sp³-hybridized carbons (Fsp3) is 0.120. The number of rotatable bonds is 5. The second kappa shape index (κ2) is 8.75. The lowest BCUT2D eigenvalue weighted by molar-refractivity contribution is 0.420.